The van der Waals surface area contributed by atoms with E-state index < -0.39 is 0 Å². The van der Waals surface area contributed by atoms with Gasteiger partial charge in [-0.1, -0.05) is 164 Å². The van der Waals surface area contributed by atoms with Gasteiger partial charge in [-0.3, -0.25) is 0 Å². The van der Waals surface area contributed by atoms with Gasteiger partial charge in [0.05, 0.1) is 34.1 Å². The van der Waals surface area contributed by atoms with Crippen LogP contribution in [0.15, 0.2) is 274 Å². The van der Waals surface area contributed by atoms with Crippen LogP contribution in [0.4, 0.5) is 62.6 Å². The summed E-state index contributed by atoms with van der Waals surface area (Å²) in [5.41, 5.74) is 15.0. The first-order valence-electron chi connectivity index (χ1n) is 24.5. The Morgan fingerprint density at radius 3 is 0.740 bits per heavy atom. The molecule has 0 aliphatic rings. The van der Waals surface area contributed by atoms with E-state index in [9.17, 15) is 0 Å². The molecule has 0 amide bonds. The highest BCUT2D eigenvalue weighted by atomic mass is 16.3. The maximum Gasteiger partial charge on any atom is 0.159 e. The van der Waals surface area contributed by atoms with Crippen molar-refractivity contribution >= 4 is 128 Å². The summed E-state index contributed by atoms with van der Waals surface area (Å²) in [5.74, 6) is 0. The van der Waals surface area contributed by atoms with Crippen LogP contribution in [0.3, 0.4) is 0 Å². The van der Waals surface area contributed by atoms with Gasteiger partial charge in [-0.15, -0.1) is 0 Å². The normalized spacial score (nSPS) is 11.6. The van der Waals surface area contributed by atoms with Gasteiger partial charge in [-0.25, -0.2) is 0 Å². The van der Waals surface area contributed by atoms with Crippen molar-refractivity contribution in [2.75, 3.05) is 20.0 Å². The molecule has 0 atom stereocenters. The summed E-state index contributed by atoms with van der Waals surface area (Å²) < 4.78 is 21.4. The highest BCUT2D eigenvalue weighted by molar-refractivity contribution is 6.18. The zero-order chi connectivity index (χ0) is 48.2. The largest absolute Gasteiger partial charge is 0.452 e. The summed E-state index contributed by atoms with van der Waals surface area (Å²) in [7, 11) is 0. The van der Waals surface area contributed by atoms with Gasteiger partial charge in [-0.05, 0) is 97.1 Å². The zero-order valence-corrected chi connectivity index (χ0v) is 39.4. The number of hydrogen-bond donors (Lipinski definition) is 1. The Balaban J connectivity index is 0.908. The Hall–Kier alpha value is -9.98. The maximum atomic E-state index is 7.21. The molecule has 14 aromatic rings. The van der Waals surface area contributed by atoms with Gasteiger partial charge >= 0.3 is 0 Å². The molecule has 0 spiro atoms. The summed E-state index contributed by atoms with van der Waals surface area (Å²) in [5, 5.41) is 9.84. The number of fused-ring (bicyclic) bond motifs is 9. The van der Waals surface area contributed by atoms with Crippen molar-refractivity contribution in [3.8, 4) is 0 Å². The van der Waals surface area contributed by atoms with Crippen LogP contribution in [0.2, 0.25) is 0 Å². The number of hydrogen-bond acceptors (Lipinski definition) is 7. The third-order valence-electron chi connectivity index (χ3n) is 13.8. The molecule has 0 fully saturated rings. The van der Waals surface area contributed by atoms with Gasteiger partial charge in [0.25, 0.3) is 0 Å². The first kappa shape index (κ1) is 41.9. The van der Waals surface area contributed by atoms with E-state index in [1.165, 1.54) is 0 Å². The van der Waals surface area contributed by atoms with E-state index in [0.717, 1.165) is 128 Å². The Bertz CT molecular complexity index is 4230. The molecule has 1 N–H and O–H groups in total. The molecule has 3 aromatic heterocycles. The average Bonchev–Trinajstić information content (AvgIpc) is 4.17. The first-order valence-corrected chi connectivity index (χ1v) is 24.5. The first-order chi connectivity index (χ1) is 36.2. The van der Waals surface area contributed by atoms with Crippen LogP contribution in [0.5, 0.6) is 0 Å². The van der Waals surface area contributed by atoms with Crippen LogP contribution in [-0.2, 0) is 0 Å². The van der Waals surface area contributed by atoms with Crippen LogP contribution in [0.1, 0.15) is 0 Å². The number of nitrogens with one attached hydrogen (secondary N) is 1. The van der Waals surface area contributed by atoms with Crippen LogP contribution >= 0.6 is 0 Å². The number of para-hydroxylation sites is 11. The van der Waals surface area contributed by atoms with Crippen molar-refractivity contribution < 1.29 is 13.3 Å². The fraction of sp³-hybridized carbons (Fsp3) is 0. The van der Waals surface area contributed by atoms with E-state index in [1.807, 2.05) is 30.3 Å². The molecule has 346 valence electrons. The van der Waals surface area contributed by atoms with Gasteiger partial charge in [0.2, 0.25) is 0 Å². The minimum absolute atomic E-state index is 0.736. The molecule has 7 heteroatoms. The molecule has 73 heavy (non-hydrogen) atoms. The summed E-state index contributed by atoms with van der Waals surface area (Å²) in [6.45, 7) is 0. The Labute approximate surface area is 420 Å². The molecular formula is C66H44N4O3. The molecule has 14 rings (SSSR count). The summed E-state index contributed by atoms with van der Waals surface area (Å²) in [6, 6.07) is 90.3. The van der Waals surface area contributed by atoms with Gasteiger partial charge in [0.1, 0.15) is 0 Å². The summed E-state index contributed by atoms with van der Waals surface area (Å²) in [6.07, 6.45) is 0. The standard InChI is InChI=1S/C66H44N4O3/c1-6-22-44(23-7-1)68(45-24-8-2-9-25-45)57-40-18-34-51-49-32-16-38-55(61(49)71-63(51)57)67-56-39-17-33-50-52-35-20-42-59(65(52)72-62(50)56)70(48-30-14-5-15-31-48)60-43-21-37-54-53-36-19-41-58(64(53)73-66(54)60)69(46-26-10-3-11-27-46)47-28-12-4-13-29-47/h1-43,67H. The lowest BCUT2D eigenvalue weighted by Crippen LogP contribution is -2.10. The Morgan fingerprint density at radius 2 is 0.438 bits per heavy atom. The second-order valence-electron chi connectivity index (χ2n) is 18.1. The van der Waals surface area contributed by atoms with Crippen molar-refractivity contribution in [1.82, 2.24) is 0 Å². The third-order valence-corrected chi connectivity index (χ3v) is 13.8. The van der Waals surface area contributed by atoms with E-state index in [4.69, 9.17) is 13.3 Å². The zero-order valence-electron chi connectivity index (χ0n) is 39.4. The van der Waals surface area contributed by atoms with Gasteiger partial charge in [-0.2, -0.15) is 0 Å². The number of nitrogens with zero attached hydrogens (tertiary/aromatic N) is 3. The Morgan fingerprint density at radius 1 is 0.205 bits per heavy atom. The number of benzene rings is 11. The third kappa shape index (κ3) is 7.05. The summed E-state index contributed by atoms with van der Waals surface area (Å²) >= 11 is 0. The van der Waals surface area contributed by atoms with Gasteiger partial charge in [0, 0.05) is 60.8 Å². The molecule has 7 nitrogen and oxygen atoms in total. The number of anilines is 11. The van der Waals surface area contributed by atoms with E-state index >= 15 is 0 Å². The Kier molecular flexibility index (Phi) is 10.0. The second-order valence-corrected chi connectivity index (χ2v) is 18.1. The quantitative estimate of drug-likeness (QED) is 0.139. The number of furan rings is 3. The van der Waals surface area contributed by atoms with Crippen molar-refractivity contribution in [3.63, 3.8) is 0 Å². The fourth-order valence-corrected chi connectivity index (χ4v) is 10.6. The second kappa shape index (κ2) is 17.5. The lowest BCUT2D eigenvalue weighted by Gasteiger charge is -2.25. The molecular weight excluding hydrogens is 897 g/mol. The van der Waals surface area contributed by atoms with Crippen LogP contribution in [-0.4, -0.2) is 0 Å². The van der Waals surface area contributed by atoms with Gasteiger partial charge in [0.15, 0.2) is 33.5 Å². The van der Waals surface area contributed by atoms with Gasteiger partial charge < -0.3 is 33.3 Å². The van der Waals surface area contributed by atoms with Crippen molar-refractivity contribution in [3.05, 3.63) is 261 Å². The molecule has 0 saturated carbocycles. The lowest BCUT2D eigenvalue weighted by atomic mass is 10.1. The predicted molar refractivity (Wildman–Crippen MR) is 302 cm³/mol. The molecule has 0 unspecified atom stereocenters. The average molecular weight is 941 g/mol. The molecule has 0 saturated heterocycles. The van der Waals surface area contributed by atoms with E-state index in [1.54, 1.807) is 0 Å². The van der Waals surface area contributed by atoms with Crippen LogP contribution in [0, 0.1) is 0 Å². The predicted octanol–water partition coefficient (Wildman–Crippen LogP) is 19.5. The fourth-order valence-electron chi connectivity index (χ4n) is 10.6. The molecule has 0 bridgehead atoms. The smallest absolute Gasteiger partial charge is 0.159 e. The molecule has 0 radical (unpaired) electrons. The van der Waals surface area contributed by atoms with Crippen molar-refractivity contribution in [2.45, 2.75) is 0 Å². The monoisotopic (exact) mass is 940 g/mol. The van der Waals surface area contributed by atoms with Crippen molar-refractivity contribution in [2.24, 2.45) is 0 Å². The number of rotatable bonds is 11. The minimum Gasteiger partial charge on any atom is -0.452 e. The van der Waals surface area contributed by atoms with E-state index in [0.29, 0.717) is 0 Å². The minimum atomic E-state index is 0.736. The van der Waals surface area contributed by atoms with E-state index in [-0.39, 0.29) is 0 Å². The molecule has 0 aliphatic carbocycles. The van der Waals surface area contributed by atoms with Crippen LogP contribution < -0.4 is 20.0 Å². The lowest BCUT2D eigenvalue weighted by molar-refractivity contribution is 0.666. The highest BCUT2D eigenvalue weighted by Gasteiger charge is 2.26. The van der Waals surface area contributed by atoms with E-state index in [2.05, 4.69) is 251 Å². The molecule has 11 aromatic carbocycles. The van der Waals surface area contributed by atoms with Crippen LogP contribution in [0.25, 0.3) is 65.8 Å². The molecule has 3 heterocycles. The SMILES string of the molecule is c1ccc(N(c2ccccc2)c2cccc3c2oc2c(Nc4cccc5c4oc4c(N(c6ccccc6)c6cccc7c6oc6c(N(c8ccccc8)c8ccccc8)cccc67)cccc45)cccc23)cc1. The maximum absolute atomic E-state index is 7.21. The molecule has 0 aliphatic heterocycles. The topological polar surface area (TPSA) is 61.2 Å². The van der Waals surface area contributed by atoms with Crippen molar-refractivity contribution in [1.29, 1.82) is 0 Å². The highest BCUT2D eigenvalue weighted by Crippen LogP contribution is 2.50. The summed E-state index contributed by atoms with van der Waals surface area (Å²) in [4.78, 5) is 6.77.